The third kappa shape index (κ3) is 7.02. The second kappa shape index (κ2) is 11.4. The minimum atomic E-state index is -3.64. The minimum absolute atomic E-state index is 0.0276. The van der Waals surface area contributed by atoms with Gasteiger partial charge in [-0.1, -0.05) is 31.5 Å². The van der Waals surface area contributed by atoms with Crippen molar-refractivity contribution in [2.75, 3.05) is 32.8 Å². The lowest BCUT2D eigenvalue weighted by Gasteiger charge is -2.18. The summed E-state index contributed by atoms with van der Waals surface area (Å²) in [5.74, 6) is -0.0851. The molecule has 0 unspecified atom stereocenters. The van der Waals surface area contributed by atoms with E-state index in [1.165, 1.54) is 40.7 Å². The van der Waals surface area contributed by atoms with Crippen LogP contribution in [0.25, 0.3) is 0 Å². The Kier molecular flexibility index (Phi) is 9.20. The molecule has 0 aromatic heterocycles. The first-order chi connectivity index (χ1) is 15.1. The van der Waals surface area contributed by atoms with Crippen molar-refractivity contribution in [2.24, 2.45) is 0 Å². The number of ether oxygens (including phenoxy) is 1. The molecule has 2 rings (SSSR count). The van der Waals surface area contributed by atoms with Crippen LogP contribution in [0.2, 0.25) is 0 Å². The molecule has 2 aromatic rings. The average molecular weight is 484 g/mol. The van der Waals surface area contributed by atoms with E-state index in [4.69, 9.17) is 4.74 Å². The highest BCUT2D eigenvalue weighted by atomic mass is 32.2. The number of hydrogen-bond donors (Lipinski definition) is 2. The van der Waals surface area contributed by atoms with Gasteiger partial charge in [0.15, 0.2) is 6.61 Å². The summed E-state index contributed by atoms with van der Waals surface area (Å²) in [6.07, 6.45) is 0. The summed E-state index contributed by atoms with van der Waals surface area (Å²) in [5, 5.41) is 2.56. The molecule has 0 saturated carbocycles. The molecule has 0 aliphatic heterocycles. The van der Waals surface area contributed by atoms with Gasteiger partial charge in [-0.3, -0.25) is 4.79 Å². The molecule has 1 amide bonds. The van der Waals surface area contributed by atoms with Gasteiger partial charge in [-0.15, -0.1) is 0 Å². The number of carbonyl (C=O) groups is 1. The van der Waals surface area contributed by atoms with E-state index in [9.17, 15) is 21.6 Å². The Labute approximate surface area is 189 Å². The van der Waals surface area contributed by atoms with E-state index in [1.807, 2.05) is 6.92 Å². The lowest BCUT2D eigenvalue weighted by atomic mass is 10.2. The van der Waals surface area contributed by atoms with E-state index in [-0.39, 0.29) is 29.5 Å². The zero-order chi connectivity index (χ0) is 23.8. The Hall–Kier alpha value is -2.47. The molecule has 0 radical (unpaired) electrons. The third-order valence-corrected chi connectivity index (χ3v) is 8.15. The Morgan fingerprint density at radius 1 is 0.875 bits per heavy atom. The molecule has 0 fully saturated rings. The van der Waals surface area contributed by atoms with Crippen LogP contribution in [-0.2, 0) is 24.8 Å². The maximum absolute atomic E-state index is 12.5. The number of hydrogen-bond acceptors (Lipinski definition) is 6. The maximum Gasteiger partial charge on any atom is 0.257 e. The second-order valence-corrected chi connectivity index (χ2v) is 10.6. The summed E-state index contributed by atoms with van der Waals surface area (Å²) < 4.78 is 58.4. The van der Waals surface area contributed by atoms with E-state index < -0.39 is 26.0 Å². The smallest absolute Gasteiger partial charge is 0.257 e. The van der Waals surface area contributed by atoms with E-state index in [0.717, 1.165) is 5.56 Å². The highest BCUT2D eigenvalue weighted by Crippen LogP contribution is 2.19. The molecule has 32 heavy (non-hydrogen) atoms. The van der Waals surface area contributed by atoms with Crippen LogP contribution in [0, 0.1) is 6.92 Å². The van der Waals surface area contributed by atoms with Crippen molar-refractivity contribution in [1.29, 1.82) is 0 Å². The molecule has 0 aliphatic rings. The number of rotatable bonds is 12. The second-order valence-electron chi connectivity index (χ2n) is 6.91. The number of aryl methyl sites for hydroxylation is 1. The molecule has 0 saturated heterocycles. The number of nitrogens with zero attached hydrogens (tertiary/aromatic N) is 1. The van der Waals surface area contributed by atoms with Crippen LogP contribution >= 0.6 is 0 Å². The molecule has 0 bridgehead atoms. The van der Waals surface area contributed by atoms with Gasteiger partial charge in [-0.2, -0.15) is 4.31 Å². The lowest BCUT2D eigenvalue weighted by Crippen LogP contribution is -2.36. The maximum atomic E-state index is 12.5. The first-order valence-corrected chi connectivity index (χ1v) is 13.1. The molecule has 0 heterocycles. The van der Waals surface area contributed by atoms with Gasteiger partial charge in [0, 0.05) is 26.2 Å². The minimum Gasteiger partial charge on any atom is -0.484 e. The van der Waals surface area contributed by atoms with E-state index in [0.29, 0.717) is 18.8 Å². The SMILES string of the molecule is CCN(CC)S(=O)(=O)c1ccc(OCC(=O)NCCNS(=O)(=O)c2ccc(C)cc2)cc1. The highest BCUT2D eigenvalue weighted by Gasteiger charge is 2.21. The van der Waals surface area contributed by atoms with Gasteiger partial charge in [0.25, 0.3) is 5.91 Å². The Morgan fingerprint density at radius 3 is 2.00 bits per heavy atom. The van der Waals surface area contributed by atoms with Crippen molar-refractivity contribution < 1.29 is 26.4 Å². The standard InChI is InChI=1S/C21H29N3O6S2/c1-4-24(5-2)32(28,29)20-12-8-18(9-13-20)30-16-21(25)22-14-15-23-31(26,27)19-10-6-17(3)7-11-19/h6-13,23H,4-5,14-16H2,1-3H3,(H,22,25). The number of sulfonamides is 2. The summed E-state index contributed by atoms with van der Waals surface area (Å²) in [5.41, 5.74) is 0.955. The summed E-state index contributed by atoms with van der Waals surface area (Å²) in [4.78, 5) is 12.2. The molecule has 9 nitrogen and oxygen atoms in total. The average Bonchev–Trinajstić information content (AvgIpc) is 2.76. The number of benzene rings is 2. The normalized spacial score (nSPS) is 12.0. The number of nitrogens with one attached hydrogen (secondary N) is 2. The topological polar surface area (TPSA) is 122 Å². The Balaban J connectivity index is 1.78. The summed E-state index contributed by atoms with van der Waals surface area (Å²) in [7, 11) is -7.20. The molecule has 176 valence electrons. The van der Waals surface area contributed by atoms with Gasteiger partial charge in [-0.05, 0) is 43.3 Å². The first-order valence-electron chi connectivity index (χ1n) is 10.2. The van der Waals surface area contributed by atoms with Crippen LogP contribution in [0.3, 0.4) is 0 Å². The van der Waals surface area contributed by atoms with Crippen LogP contribution in [0.1, 0.15) is 19.4 Å². The van der Waals surface area contributed by atoms with E-state index in [2.05, 4.69) is 10.0 Å². The number of carbonyl (C=O) groups excluding carboxylic acids is 1. The monoisotopic (exact) mass is 483 g/mol. The first kappa shape index (κ1) is 25.8. The molecular weight excluding hydrogens is 454 g/mol. The van der Waals surface area contributed by atoms with Crippen molar-refractivity contribution in [3.63, 3.8) is 0 Å². The van der Waals surface area contributed by atoms with Crippen molar-refractivity contribution in [3.8, 4) is 5.75 Å². The molecule has 2 aromatic carbocycles. The molecule has 2 N–H and O–H groups in total. The fourth-order valence-electron chi connectivity index (χ4n) is 2.81. The van der Waals surface area contributed by atoms with Gasteiger partial charge >= 0.3 is 0 Å². The van der Waals surface area contributed by atoms with Gasteiger partial charge in [0.05, 0.1) is 9.79 Å². The van der Waals surface area contributed by atoms with Crippen LogP contribution in [-0.4, -0.2) is 59.8 Å². The predicted molar refractivity (Wildman–Crippen MR) is 121 cm³/mol. The highest BCUT2D eigenvalue weighted by molar-refractivity contribution is 7.89. The molecule has 11 heteroatoms. The molecule has 0 spiro atoms. The van der Waals surface area contributed by atoms with E-state index in [1.54, 1.807) is 26.0 Å². The fraction of sp³-hybridized carbons (Fsp3) is 0.381. The largest absolute Gasteiger partial charge is 0.484 e. The third-order valence-electron chi connectivity index (χ3n) is 4.61. The fourth-order valence-corrected chi connectivity index (χ4v) is 5.30. The zero-order valence-electron chi connectivity index (χ0n) is 18.4. The van der Waals surface area contributed by atoms with Gasteiger partial charge in [0.1, 0.15) is 5.75 Å². The predicted octanol–water partition coefficient (Wildman–Crippen LogP) is 1.50. The van der Waals surface area contributed by atoms with Crippen molar-refractivity contribution in [2.45, 2.75) is 30.6 Å². The summed E-state index contributed by atoms with van der Waals surface area (Å²) >= 11 is 0. The van der Waals surface area contributed by atoms with Gasteiger partial charge < -0.3 is 10.1 Å². The summed E-state index contributed by atoms with van der Waals surface area (Å²) in [6, 6.07) is 12.3. The van der Waals surface area contributed by atoms with Crippen LogP contribution in [0.5, 0.6) is 5.75 Å². The van der Waals surface area contributed by atoms with Crippen molar-refractivity contribution >= 4 is 26.0 Å². The van der Waals surface area contributed by atoms with Crippen LogP contribution in [0.15, 0.2) is 58.3 Å². The van der Waals surface area contributed by atoms with Crippen LogP contribution in [0.4, 0.5) is 0 Å². The Morgan fingerprint density at radius 2 is 1.44 bits per heavy atom. The molecule has 0 atom stereocenters. The lowest BCUT2D eigenvalue weighted by molar-refractivity contribution is -0.123. The molecule has 0 aliphatic carbocycles. The van der Waals surface area contributed by atoms with Crippen molar-refractivity contribution in [3.05, 3.63) is 54.1 Å². The molecular formula is C21H29N3O6S2. The van der Waals surface area contributed by atoms with E-state index >= 15 is 0 Å². The van der Waals surface area contributed by atoms with Crippen molar-refractivity contribution in [1.82, 2.24) is 14.3 Å². The van der Waals surface area contributed by atoms with Gasteiger partial charge in [-0.25, -0.2) is 21.6 Å². The Bertz CT molecular complexity index is 1100. The zero-order valence-corrected chi connectivity index (χ0v) is 20.0. The van der Waals surface area contributed by atoms with Crippen LogP contribution < -0.4 is 14.8 Å². The summed E-state index contributed by atoms with van der Waals surface area (Å²) in [6.45, 7) is 5.98. The quantitative estimate of drug-likeness (QED) is 0.441. The van der Waals surface area contributed by atoms with Gasteiger partial charge in [0.2, 0.25) is 20.0 Å². The number of amides is 1.